The SMILES string of the molecule is CN(CCN1CCCC1)C(=O)c1ccc(O)c(O)c1. The third-order valence-electron chi connectivity index (χ3n) is 3.52. The van der Waals surface area contributed by atoms with E-state index in [4.69, 9.17) is 0 Å². The van der Waals surface area contributed by atoms with Crippen LogP contribution in [-0.4, -0.2) is 59.1 Å². The van der Waals surface area contributed by atoms with E-state index >= 15 is 0 Å². The van der Waals surface area contributed by atoms with Gasteiger partial charge in [0.1, 0.15) is 0 Å². The van der Waals surface area contributed by atoms with Crippen molar-refractivity contribution < 1.29 is 15.0 Å². The van der Waals surface area contributed by atoms with Crippen molar-refractivity contribution in [3.8, 4) is 11.5 Å². The van der Waals surface area contributed by atoms with E-state index in [1.54, 1.807) is 11.9 Å². The molecule has 0 radical (unpaired) electrons. The largest absolute Gasteiger partial charge is 0.504 e. The van der Waals surface area contributed by atoms with Gasteiger partial charge in [-0.05, 0) is 44.1 Å². The molecule has 1 fully saturated rings. The number of amides is 1. The van der Waals surface area contributed by atoms with E-state index in [2.05, 4.69) is 4.90 Å². The number of phenols is 2. The Morgan fingerprint density at radius 3 is 2.58 bits per heavy atom. The van der Waals surface area contributed by atoms with Gasteiger partial charge in [-0.1, -0.05) is 0 Å². The minimum Gasteiger partial charge on any atom is -0.504 e. The smallest absolute Gasteiger partial charge is 0.253 e. The zero-order valence-corrected chi connectivity index (χ0v) is 11.2. The minimum absolute atomic E-state index is 0.144. The van der Waals surface area contributed by atoms with Crippen LogP contribution in [0.3, 0.4) is 0 Å². The number of phenolic OH excluding ortho intramolecular Hbond substituents is 2. The molecule has 0 bridgehead atoms. The van der Waals surface area contributed by atoms with Gasteiger partial charge < -0.3 is 20.0 Å². The Kier molecular flexibility index (Phi) is 4.27. The molecule has 1 amide bonds. The van der Waals surface area contributed by atoms with Gasteiger partial charge in [-0.25, -0.2) is 0 Å². The van der Waals surface area contributed by atoms with Crippen LogP contribution in [0, 0.1) is 0 Å². The molecule has 5 heteroatoms. The number of benzene rings is 1. The van der Waals surface area contributed by atoms with Crippen molar-refractivity contribution in [3.63, 3.8) is 0 Å². The Morgan fingerprint density at radius 2 is 1.95 bits per heavy atom. The van der Waals surface area contributed by atoms with Gasteiger partial charge in [0.15, 0.2) is 11.5 Å². The van der Waals surface area contributed by atoms with Crippen LogP contribution in [0.4, 0.5) is 0 Å². The lowest BCUT2D eigenvalue weighted by Gasteiger charge is -2.21. The first-order chi connectivity index (χ1) is 9.08. The Hall–Kier alpha value is -1.75. The summed E-state index contributed by atoms with van der Waals surface area (Å²) in [5, 5.41) is 18.6. The zero-order chi connectivity index (χ0) is 13.8. The Labute approximate surface area is 113 Å². The molecule has 0 atom stereocenters. The maximum atomic E-state index is 12.1. The quantitative estimate of drug-likeness (QED) is 0.804. The van der Waals surface area contributed by atoms with Crippen LogP contribution >= 0.6 is 0 Å². The summed E-state index contributed by atoms with van der Waals surface area (Å²) >= 11 is 0. The van der Waals surface area contributed by atoms with Gasteiger partial charge in [0.25, 0.3) is 5.91 Å². The third-order valence-corrected chi connectivity index (χ3v) is 3.52. The van der Waals surface area contributed by atoms with E-state index < -0.39 is 0 Å². The number of nitrogens with zero attached hydrogens (tertiary/aromatic N) is 2. The van der Waals surface area contributed by atoms with E-state index in [0.717, 1.165) is 19.6 Å². The highest BCUT2D eigenvalue weighted by molar-refractivity contribution is 5.94. The standard InChI is InChI=1S/C14H20N2O3/c1-15(8-9-16-6-2-3-7-16)14(19)11-4-5-12(17)13(18)10-11/h4-5,10,17-18H,2-3,6-9H2,1H3. The number of rotatable bonds is 4. The maximum absolute atomic E-state index is 12.1. The normalized spacial score (nSPS) is 15.6. The molecule has 1 heterocycles. The number of carbonyl (C=O) groups is 1. The highest BCUT2D eigenvalue weighted by Gasteiger charge is 2.16. The van der Waals surface area contributed by atoms with Crippen LogP contribution in [-0.2, 0) is 0 Å². The second-order valence-electron chi connectivity index (χ2n) is 4.98. The second kappa shape index (κ2) is 5.93. The van der Waals surface area contributed by atoms with Gasteiger partial charge in [0.05, 0.1) is 0 Å². The van der Waals surface area contributed by atoms with Crippen molar-refractivity contribution in [2.24, 2.45) is 0 Å². The second-order valence-corrected chi connectivity index (χ2v) is 4.98. The summed E-state index contributed by atoms with van der Waals surface area (Å²) in [4.78, 5) is 16.1. The Balaban J connectivity index is 1.92. The number of aromatic hydroxyl groups is 2. The molecule has 0 saturated carbocycles. The van der Waals surface area contributed by atoms with Gasteiger partial charge in [0, 0.05) is 25.7 Å². The molecule has 0 aromatic heterocycles. The van der Waals surface area contributed by atoms with Crippen LogP contribution in [0.25, 0.3) is 0 Å². The molecule has 19 heavy (non-hydrogen) atoms. The summed E-state index contributed by atoms with van der Waals surface area (Å²) in [6, 6.07) is 4.14. The molecule has 5 nitrogen and oxygen atoms in total. The number of hydrogen-bond acceptors (Lipinski definition) is 4. The summed E-state index contributed by atoms with van der Waals surface area (Å²) in [7, 11) is 1.75. The van der Waals surface area contributed by atoms with Crippen molar-refractivity contribution in [2.45, 2.75) is 12.8 Å². The van der Waals surface area contributed by atoms with Crippen molar-refractivity contribution in [1.29, 1.82) is 0 Å². The molecule has 1 aliphatic rings. The van der Waals surface area contributed by atoms with Crippen LogP contribution in [0.1, 0.15) is 23.2 Å². The average Bonchev–Trinajstić information content (AvgIpc) is 2.91. The molecule has 104 valence electrons. The van der Waals surface area contributed by atoms with Crippen molar-refractivity contribution in [3.05, 3.63) is 23.8 Å². The lowest BCUT2D eigenvalue weighted by molar-refractivity contribution is 0.0782. The van der Waals surface area contributed by atoms with Crippen LogP contribution in [0.15, 0.2) is 18.2 Å². The lowest BCUT2D eigenvalue weighted by Crippen LogP contribution is -2.35. The molecule has 1 saturated heterocycles. The number of hydrogen-bond donors (Lipinski definition) is 2. The number of carbonyl (C=O) groups excluding carboxylic acids is 1. The summed E-state index contributed by atoms with van der Waals surface area (Å²) in [5.74, 6) is -0.621. The number of likely N-dealkylation sites (tertiary alicyclic amines) is 1. The molecular formula is C14H20N2O3. The summed E-state index contributed by atoms with van der Waals surface area (Å²) in [6.45, 7) is 3.77. The summed E-state index contributed by atoms with van der Waals surface area (Å²) in [6.07, 6.45) is 2.48. The van der Waals surface area contributed by atoms with E-state index in [1.807, 2.05) is 0 Å². The van der Waals surface area contributed by atoms with Crippen LogP contribution in [0.5, 0.6) is 11.5 Å². The third kappa shape index (κ3) is 3.38. The van der Waals surface area contributed by atoms with E-state index in [1.165, 1.54) is 31.0 Å². The van der Waals surface area contributed by atoms with E-state index in [9.17, 15) is 15.0 Å². The molecule has 1 aromatic carbocycles. The van der Waals surface area contributed by atoms with Gasteiger partial charge in [-0.15, -0.1) is 0 Å². The zero-order valence-electron chi connectivity index (χ0n) is 11.2. The Bertz CT molecular complexity index is 456. The first-order valence-electron chi connectivity index (χ1n) is 6.58. The van der Waals surface area contributed by atoms with Crippen LogP contribution in [0.2, 0.25) is 0 Å². The lowest BCUT2D eigenvalue weighted by atomic mass is 10.2. The van der Waals surface area contributed by atoms with E-state index in [0.29, 0.717) is 12.1 Å². The topological polar surface area (TPSA) is 64.0 Å². The minimum atomic E-state index is -0.265. The predicted molar refractivity (Wildman–Crippen MR) is 72.4 cm³/mol. The van der Waals surface area contributed by atoms with Gasteiger partial charge in [-0.2, -0.15) is 0 Å². The highest BCUT2D eigenvalue weighted by atomic mass is 16.3. The first-order valence-corrected chi connectivity index (χ1v) is 6.58. The molecule has 1 aliphatic heterocycles. The Morgan fingerprint density at radius 1 is 1.26 bits per heavy atom. The fraction of sp³-hybridized carbons (Fsp3) is 0.500. The molecular weight excluding hydrogens is 244 g/mol. The molecule has 2 rings (SSSR count). The van der Waals surface area contributed by atoms with Crippen molar-refractivity contribution >= 4 is 5.91 Å². The van der Waals surface area contributed by atoms with Gasteiger partial charge >= 0.3 is 0 Å². The fourth-order valence-corrected chi connectivity index (χ4v) is 2.28. The van der Waals surface area contributed by atoms with Gasteiger partial charge in [-0.3, -0.25) is 4.79 Å². The summed E-state index contributed by atoms with van der Waals surface area (Å²) in [5.41, 5.74) is 0.388. The average molecular weight is 264 g/mol. The highest BCUT2D eigenvalue weighted by Crippen LogP contribution is 2.25. The predicted octanol–water partition coefficient (Wildman–Crippen LogP) is 1.27. The van der Waals surface area contributed by atoms with Crippen LogP contribution < -0.4 is 0 Å². The summed E-state index contributed by atoms with van der Waals surface area (Å²) < 4.78 is 0. The first kappa shape index (κ1) is 13.7. The maximum Gasteiger partial charge on any atom is 0.253 e. The van der Waals surface area contributed by atoms with Crippen molar-refractivity contribution in [1.82, 2.24) is 9.80 Å². The fourth-order valence-electron chi connectivity index (χ4n) is 2.28. The van der Waals surface area contributed by atoms with E-state index in [-0.39, 0.29) is 17.4 Å². The molecule has 0 unspecified atom stereocenters. The molecule has 1 aromatic rings. The molecule has 0 aliphatic carbocycles. The van der Waals surface area contributed by atoms with Crippen molar-refractivity contribution in [2.75, 3.05) is 33.2 Å². The molecule has 2 N–H and O–H groups in total. The number of likely N-dealkylation sites (N-methyl/N-ethyl adjacent to an activating group) is 1. The monoisotopic (exact) mass is 264 g/mol. The van der Waals surface area contributed by atoms with Gasteiger partial charge in [0.2, 0.25) is 0 Å². The molecule has 0 spiro atoms.